The van der Waals surface area contributed by atoms with E-state index in [9.17, 15) is 14.7 Å². The summed E-state index contributed by atoms with van der Waals surface area (Å²) in [5, 5.41) is 9.45. The van der Waals surface area contributed by atoms with Gasteiger partial charge in [0.25, 0.3) is 0 Å². The summed E-state index contributed by atoms with van der Waals surface area (Å²) in [7, 11) is 0. The van der Waals surface area contributed by atoms with E-state index in [1.165, 1.54) is 11.3 Å². The third-order valence-corrected chi connectivity index (χ3v) is 4.50. The van der Waals surface area contributed by atoms with Crippen LogP contribution in [-0.2, 0) is 4.79 Å². The van der Waals surface area contributed by atoms with Crippen molar-refractivity contribution in [1.82, 2.24) is 0 Å². The number of carbonyl (C=O) groups is 2. The third kappa shape index (κ3) is 3.36. The Morgan fingerprint density at radius 2 is 1.86 bits per heavy atom. The van der Waals surface area contributed by atoms with Gasteiger partial charge in [-0.2, -0.15) is 0 Å². The average molecular weight is 317 g/mol. The number of carboxylic acids is 1. The number of hydrogen-bond acceptors (Lipinski definition) is 3. The molecule has 2 aromatic rings. The molecule has 4 nitrogen and oxygen atoms in total. The molecule has 2 rings (SSSR count). The van der Waals surface area contributed by atoms with Gasteiger partial charge in [-0.3, -0.25) is 4.79 Å². The van der Waals surface area contributed by atoms with Gasteiger partial charge in [0.15, 0.2) is 0 Å². The van der Waals surface area contributed by atoms with E-state index in [4.69, 9.17) is 0 Å². The van der Waals surface area contributed by atoms with Crippen molar-refractivity contribution in [2.75, 3.05) is 11.4 Å². The first-order valence-electron chi connectivity index (χ1n) is 7.31. The highest BCUT2D eigenvalue weighted by atomic mass is 32.1. The van der Waals surface area contributed by atoms with Crippen LogP contribution in [0.3, 0.4) is 0 Å². The third-order valence-electron chi connectivity index (χ3n) is 3.34. The molecule has 0 bridgehead atoms. The highest BCUT2D eigenvalue weighted by Crippen LogP contribution is 2.37. The van der Waals surface area contributed by atoms with Crippen molar-refractivity contribution >= 4 is 28.9 Å². The first kappa shape index (κ1) is 16.2. The Morgan fingerprint density at radius 3 is 2.41 bits per heavy atom. The minimum atomic E-state index is -0.995. The fraction of sp³-hybridized carbons (Fsp3) is 0.294. The number of thiophene rings is 1. The van der Waals surface area contributed by atoms with Crippen LogP contribution >= 0.6 is 11.3 Å². The summed E-state index contributed by atoms with van der Waals surface area (Å²) in [6.07, 6.45) is 1.16. The van der Waals surface area contributed by atoms with Gasteiger partial charge in [0.2, 0.25) is 5.91 Å². The summed E-state index contributed by atoms with van der Waals surface area (Å²) in [4.78, 5) is 26.4. The van der Waals surface area contributed by atoms with E-state index in [2.05, 4.69) is 0 Å². The first-order valence-corrected chi connectivity index (χ1v) is 8.13. The quantitative estimate of drug-likeness (QED) is 0.865. The van der Waals surface area contributed by atoms with Gasteiger partial charge in [0.1, 0.15) is 4.88 Å². The summed E-state index contributed by atoms with van der Waals surface area (Å²) < 4.78 is 0. The molecule has 0 aliphatic rings. The number of nitrogens with zero attached hydrogens (tertiary/aromatic N) is 1. The number of carbonyl (C=O) groups excluding carboxylic acids is 1. The van der Waals surface area contributed by atoms with E-state index < -0.39 is 5.97 Å². The Kier molecular flexibility index (Phi) is 5.33. The van der Waals surface area contributed by atoms with Gasteiger partial charge in [-0.25, -0.2) is 4.79 Å². The van der Waals surface area contributed by atoms with E-state index in [1.807, 2.05) is 44.2 Å². The Labute approximate surface area is 134 Å². The van der Waals surface area contributed by atoms with E-state index in [0.717, 1.165) is 16.9 Å². The van der Waals surface area contributed by atoms with E-state index in [1.54, 1.807) is 11.0 Å². The van der Waals surface area contributed by atoms with Crippen LogP contribution < -0.4 is 4.90 Å². The van der Waals surface area contributed by atoms with Gasteiger partial charge in [-0.15, -0.1) is 11.3 Å². The Bertz CT molecular complexity index is 664. The summed E-state index contributed by atoms with van der Waals surface area (Å²) in [5.74, 6) is -1.03. The van der Waals surface area contributed by atoms with Gasteiger partial charge in [0.05, 0.1) is 5.69 Å². The predicted molar refractivity (Wildman–Crippen MR) is 89.6 cm³/mol. The van der Waals surface area contributed by atoms with Crippen LogP contribution in [0.5, 0.6) is 0 Å². The lowest BCUT2D eigenvalue weighted by atomic mass is 10.1. The number of amides is 1. The smallest absolute Gasteiger partial charge is 0.348 e. The van der Waals surface area contributed by atoms with Crippen molar-refractivity contribution in [1.29, 1.82) is 0 Å². The van der Waals surface area contributed by atoms with Gasteiger partial charge >= 0.3 is 5.97 Å². The van der Waals surface area contributed by atoms with E-state index in [-0.39, 0.29) is 10.8 Å². The molecule has 0 aliphatic carbocycles. The topological polar surface area (TPSA) is 57.6 Å². The zero-order valence-electron chi connectivity index (χ0n) is 12.7. The monoisotopic (exact) mass is 317 g/mol. The molecule has 22 heavy (non-hydrogen) atoms. The number of hydrogen-bond donors (Lipinski definition) is 1. The highest BCUT2D eigenvalue weighted by molar-refractivity contribution is 7.18. The molecule has 5 heteroatoms. The van der Waals surface area contributed by atoms with Gasteiger partial charge in [0, 0.05) is 17.8 Å². The molecule has 1 aromatic carbocycles. The van der Waals surface area contributed by atoms with Crippen LogP contribution in [0, 0.1) is 0 Å². The second-order valence-electron chi connectivity index (χ2n) is 4.88. The number of aromatic carboxylic acids is 1. The number of benzene rings is 1. The molecule has 0 atom stereocenters. The summed E-state index contributed by atoms with van der Waals surface area (Å²) >= 11 is 1.21. The maximum Gasteiger partial charge on any atom is 0.348 e. The minimum absolute atomic E-state index is 0.0371. The van der Waals surface area contributed by atoms with Crippen molar-refractivity contribution in [2.45, 2.75) is 26.7 Å². The molecule has 116 valence electrons. The molecule has 0 radical (unpaired) electrons. The fourth-order valence-corrected chi connectivity index (χ4v) is 3.32. The van der Waals surface area contributed by atoms with Crippen molar-refractivity contribution in [3.8, 4) is 10.4 Å². The van der Waals surface area contributed by atoms with Crippen molar-refractivity contribution < 1.29 is 14.7 Å². The SMILES string of the molecule is CCCC(=O)N(CC)c1cc(-c2ccccc2)sc1C(=O)O. The number of rotatable bonds is 6. The zero-order chi connectivity index (χ0) is 16.1. The van der Waals surface area contributed by atoms with Crippen LogP contribution in [0.15, 0.2) is 36.4 Å². The summed E-state index contributed by atoms with van der Waals surface area (Å²) in [6, 6.07) is 11.4. The molecule has 0 aliphatic heterocycles. The molecule has 0 saturated carbocycles. The van der Waals surface area contributed by atoms with Crippen molar-refractivity contribution in [3.63, 3.8) is 0 Å². The molecule has 0 unspecified atom stereocenters. The number of carboxylic acid groups (broad SMARTS) is 1. The molecule has 0 spiro atoms. The standard InChI is InChI=1S/C17H19NO3S/c1-3-8-15(19)18(4-2)13-11-14(22-16(13)17(20)21)12-9-6-5-7-10-12/h5-7,9-11H,3-4,8H2,1-2H3,(H,20,21). The summed E-state index contributed by atoms with van der Waals surface area (Å²) in [5.41, 5.74) is 1.46. The first-order chi connectivity index (χ1) is 10.6. The second-order valence-corrected chi connectivity index (χ2v) is 5.94. The van der Waals surface area contributed by atoms with Gasteiger partial charge in [-0.1, -0.05) is 37.3 Å². The lowest BCUT2D eigenvalue weighted by molar-refractivity contribution is -0.118. The zero-order valence-corrected chi connectivity index (χ0v) is 13.5. The Hall–Kier alpha value is -2.14. The Balaban J connectivity index is 2.47. The molecule has 0 fully saturated rings. The molecule has 1 N–H and O–H groups in total. The van der Waals surface area contributed by atoms with Crippen molar-refractivity contribution in [2.24, 2.45) is 0 Å². The Morgan fingerprint density at radius 1 is 1.18 bits per heavy atom. The molecule has 1 heterocycles. The van der Waals surface area contributed by atoms with Crippen LogP contribution in [0.25, 0.3) is 10.4 Å². The van der Waals surface area contributed by atoms with Gasteiger partial charge in [-0.05, 0) is 25.0 Å². The van der Waals surface area contributed by atoms with Crippen LogP contribution in [-0.4, -0.2) is 23.5 Å². The van der Waals surface area contributed by atoms with Crippen molar-refractivity contribution in [3.05, 3.63) is 41.3 Å². The van der Waals surface area contributed by atoms with Gasteiger partial charge < -0.3 is 10.0 Å². The minimum Gasteiger partial charge on any atom is -0.477 e. The summed E-state index contributed by atoms with van der Waals surface area (Å²) in [6.45, 7) is 4.26. The number of anilines is 1. The maximum absolute atomic E-state index is 12.2. The average Bonchev–Trinajstić information content (AvgIpc) is 2.94. The normalized spacial score (nSPS) is 10.5. The molecule has 0 saturated heterocycles. The second kappa shape index (κ2) is 7.22. The molecular weight excluding hydrogens is 298 g/mol. The molecular formula is C17H19NO3S. The van der Waals surface area contributed by atoms with Crippen LogP contribution in [0.1, 0.15) is 36.4 Å². The highest BCUT2D eigenvalue weighted by Gasteiger charge is 2.23. The van der Waals surface area contributed by atoms with Crippen LogP contribution in [0.4, 0.5) is 5.69 Å². The maximum atomic E-state index is 12.2. The molecule has 1 amide bonds. The lowest BCUT2D eigenvalue weighted by Gasteiger charge is -2.20. The van der Waals surface area contributed by atoms with E-state index >= 15 is 0 Å². The lowest BCUT2D eigenvalue weighted by Crippen LogP contribution is -2.31. The fourth-order valence-electron chi connectivity index (χ4n) is 2.31. The van der Waals surface area contributed by atoms with Crippen LogP contribution in [0.2, 0.25) is 0 Å². The predicted octanol–water partition coefficient (Wildman–Crippen LogP) is 4.27. The molecule has 1 aromatic heterocycles. The van der Waals surface area contributed by atoms with E-state index in [0.29, 0.717) is 18.7 Å². The largest absolute Gasteiger partial charge is 0.477 e.